The van der Waals surface area contributed by atoms with Crippen molar-refractivity contribution >= 4 is 15.9 Å². The maximum atomic E-state index is 14.1. The van der Waals surface area contributed by atoms with Gasteiger partial charge in [-0.05, 0) is 34.3 Å². The fraction of sp³-hybridized carbons (Fsp3) is 0.600. The fourth-order valence-electron chi connectivity index (χ4n) is 3.01. The van der Waals surface area contributed by atoms with Crippen molar-refractivity contribution in [2.45, 2.75) is 51.0 Å². The molecule has 0 heterocycles. The Hall–Kier alpha value is -0.450. The maximum absolute atomic E-state index is 14.1. The summed E-state index contributed by atoms with van der Waals surface area (Å²) in [5.41, 5.74) is 3.46. The van der Waals surface area contributed by atoms with Gasteiger partial charge in [-0.1, -0.05) is 50.7 Å². The quantitative estimate of drug-likeness (QED) is 0.486. The summed E-state index contributed by atoms with van der Waals surface area (Å²) in [6.45, 7) is 0. The zero-order valence-electron chi connectivity index (χ0n) is 11.2. The molecule has 0 aliphatic heterocycles. The van der Waals surface area contributed by atoms with Gasteiger partial charge in [0, 0.05) is 11.6 Å². The number of hydrazine groups is 1. The Labute approximate surface area is 123 Å². The second kappa shape index (κ2) is 7.36. The molecule has 1 aromatic rings. The average molecular weight is 329 g/mol. The minimum absolute atomic E-state index is 0.0967. The van der Waals surface area contributed by atoms with Gasteiger partial charge in [-0.2, -0.15) is 0 Å². The molecule has 1 aliphatic carbocycles. The second-order valence-corrected chi connectivity index (χ2v) is 6.31. The summed E-state index contributed by atoms with van der Waals surface area (Å²) in [5.74, 6) is 6.11. The molecule has 1 saturated carbocycles. The Kier molecular flexibility index (Phi) is 5.79. The molecule has 4 heteroatoms. The minimum atomic E-state index is -0.195. The Morgan fingerprint density at radius 2 is 1.95 bits per heavy atom. The molecule has 1 fully saturated rings. The fourth-order valence-corrected chi connectivity index (χ4v) is 3.39. The molecule has 0 radical (unpaired) electrons. The molecule has 19 heavy (non-hydrogen) atoms. The van der Waals surface area contributed by atoms with Crippen LogP contribution in [0.5, 0.6) is 0 Å². The Bertz CT molecular complexity index is 403. The third-order valence-electron chi connectivity index (χ3n) is 4.10. The van der Waals surface area contributed by atoms with Crippen LogP contribution in [-0.2, 0) is 0 Å². The number of nitrogens with two attached hydrogens (primary N) is 1. The van der Waals surface area contributed by atoms with E-state index in [1.807, 2.05) is 12.1 Å². The van der Waals surface area contributed by atoms with E-state index in [4.69, 9.17) is 5.84 Å². The van der Waals surface area contributed by atoms with Crippen molar-refractivity contribution in [3.8, 4) is 0 Å². The van der Waals surface area contributed by atoms with Crippen molar-refractivity contribution in [1.82, 2.24) is 5.43 Å². The highest BCUT2D eigenvalue weighted by atomic mass is 79.9. The summed E-state index contributed by atoms with van der Waals surface area (Å²) in [7, 11) is 0. The molecule has 0 saturated heterocycles. The Morgan fingerprint density at radius 3 is 2.58 bits per heavy atom. The first kappa shape index (κ1) is 14.9. The van der Waals surface area contributed by atoms with E-state index in [0.717, 1.165) is 6.42 Å². The van der Waals surface area contributed by atoms with Crippen LogP contribution in [0.1, 0.15) is 56.6 Å². The summed E-state index contributed by atoms with van der Waals surface area (Å²) >= 11 is 3.24. The third-order valence-corrected chi connectivity index (χ3v) is 4.71. The van der Waals surface area contributed by atoms with Crippen molar-refractivity contribution in [1.29, 1.82) is 0 Å². The van der Waals surface area contributed by atoms with Crippen LogP contribution in [0.4, 0.5) is 4.39 Å². The van der Waals surface area contributed by atoms with Crippen LogP contribution in [0.15, 0.2) is 22.7 Å². The standard InChI is InChI=1S/C15H22BrFN2/c16-13-9-5-8-12(15(13)17)14(19-18)10-11-6-3-1-2-4-7-11/h5,8-9,11,14,19H,1-4,6-7,10,18H2. The lowest BCUT2D eigenvalue weighted by Crippen LogP contribution is -2.30. The molecule has 1 aromatic carbocycles. The largest absolute Gasteiger partial charge is 0.271 e. The lowest BCUT2D eigenvalue weighted by atomic mass is 9.89. The molecule has 3 N–H and O–H groups in total. The van der Waals surface area contributed by atoms with Crippen LogP contribution in [0.2, 0.25) is 0 Å². The lowest BCUT2D eigenvalue weighted by molar-refractivity contribution is 0.352. The third kappa shape index (κ3) is 4.01. The highest BCUT2D eigenvalue weighted by Gasteiger charge is 2.21. The van der Waals surface area contributed by atoms with Gasteiger partial charge in [0.1, 0.15) is 5.82 Å². The van der Waals surface area contributed by atoms with Gasteiger partial charge in [-0.3, -0.25) is 11.3 Å². The molecule has 0 amide bonds. The molecule has 106 valence electrons. The van der Waals surface area contributed by atoms with Crippen molar-refractivity contribution in [3.05, 3.63) is 34.1 Å². The molecular weight excluding hydrogens is 307 g/mol. The van der Waals surface area contributed by atoms with E-state index in [9.17, 15) is 4.39 Å². The van der Waals surface area contributed by atoms with Gasteiger partial charge in [-0.15, -0.1) is 0 Å². The van der Waals surface area contributed by atoms with Gasteiger partial charge in [0.05, 0.1) is 4.47 Å². The van der Waals surface area contributed by atoms with Crippen LogP contribution in [-0.4, -0.2) is 0 Å². The molecule has 1 unspecified atom stereocenters. The van der Waals surface area contributed by atoms with Crippen molar-refractivity contribution in [2.24, 2.45) is 11.8 Å². The maximum Gasteiger partial charge on any atom is 0.142 e. The zero-order chi connectivity index (χ0) is 13.7. The molecule has 1 aliphatic rings. The second-order valence-electron chi connectivity index (χ2n) is 5.46. The molecule has 2 nitrogen and oxygen atoms in total. The van der Waals surface area contributed by atoms with E-state index in [2.05, 4.69) is 21.4 Å². The predicted molar refractivity (Wildman–Crippen MR) is 80.0 cm³/mol. The number of hydrogen-bond acceptors (Lipinski definition) is 2. The van der Waals surface area contributed by atoms with E-state index in [-0.39, 0.29) is 11.9 Å². The predicted octanol–water partition coefficient (Wildman–Crippen LogP) is 4.45. The van der Waals surface area contributed by atoms with Crippen molar-refractivity contribution < 1.29 is 4.39 Å². The highest BCUT2D eigenvalue weighted by Crippen LogP contribution is 2.32. The summed E-state index contributed by atoms with van der Waals surface area (Å²) in [6, 6.07) is 5.31. The molecule has 1 atom stereocenters. The number of hydrogen-bond donors (Lipinski definition) is 2. The topological polar surface area (TPSA) is 38.0 Å². The van der Waals surface area contributed by atoms with E-state index in [1.54, 1.807) is 6.07 Å². The van der Waals surface area contributed by atoms with Gasteiger partial charge < -0.3 is 0 Å². The van der Waals surface area contributed by atoms with Gasteiger partial charge in [0.25, 0.3) is 0 Å². The Balaban J connectivity index is 2.08. The molecule has 0 spiro atoms. The number of benzene rings is 1. The van der Waals surface area contributed by atoms with Crippen LogP contribution in [0.25, 0.3) is 0 Å². The first-order chi connectivity index (χ1) is 9.22. The lowest BCUT2D eigenvalue weighted by Gasteiger charge is -2.23. The first-order valence-electron chi connectivity index (χ1n) is 7.12. The van der Waals surface area contributed by atoms with E-state index >= 15 is 0 Å². The minimum Gasteiger partial charge on any atom is -0.271 e. The van der Waals surface area contributed by atoms with Gasteiger partial charge in [0.15, 0.2) is 0 Å². The van der Waals surface area contributed by atoms with Crippen LogP contribution >= 0.6 is 15.9 Å². The summed E-state index contributed by atoms with van der Waals surface area (Å²) in [5, 5.41) is 0. The number of nitrogens with one attached hydrogen (secondary N) is 1. The summed E-state index contributed by atoms with van der Waals surface area (Å²) in [4.78, 5) is 0. The van der Waals surface area contributed by atoms with E-state index in [1.165, 1.54) is 38.5 Å². The molecular formula is C15H22BrFN2. The van der Waals surface area contributed by atoms with Gasteiger partial charge in [0.2, 0.25) is 0 Å². The van der Waals surface area contributed by atoms with Crippen molar-refractivity contribution in [3.63, 3.8) is 0 Å². The molecule has 2 rings (SSSR count). The number of rotatable bonds is 4. The summed E-state index contributed by atoms with van der Waals surface area (Å²) in [6.07, 6.45) is 8.67. The van der Waals surface area contributed by atoms with Crippen LogP contribution in [0, 0.1) is 11.7 Å². The average Bonchev–Trinajstić information content (AvgIpc) is 2.68. The Morgan fingerprint density at radius 1 is 1.26 bits per heavy atom. The van der Waals surface area contributed by atoms with Crippen molar-refractivity contribution in [2.75, 3.05) is 0 Å². The summed E-state index contributed by atoms with van der Waals surface area (Å²) < 4.78 is 14.6. The SMILES string of the molecule is NNC(CC1CCCCCC1)c1cccc(Br)c1F. The molecule has 0 aromatic heterocycles. The molecule has 0 bridgehead atoms. The normalized spacial score (nSPS) is 19.1. The van der Waals surface area contributed by atoms with E-state index in [0.29, 0.717) is 16.0 Å². The van der Waals surface area contributed by atoms with E-state index < -0.39 is 0 Å². The van der Waals surface area contributed by atoms with Gasteiger partial charge in [-0.25, -0.2) is 4.39 Å². The monoisotopic (exact) mass is 328 g/mol. The first-order valence-corrected chi connectivity index (χ1v) is 7.91. The number of halogens is 2. The van der Waals surface area contributed by atoms with Gasteiger partial charge >= 0.3 is 0 Å². The zero-order valence-corrected chi connectivity index (χ0v) is 12.8. The van der Waals surface area contributed by atoms with Crippen LogP contribution < -0.4 is 11.3 Å². The highest BCUT2D eigenvalue weighted by molar-refractivity contribution is 9.10. The van der Waals surface area contributed by atoms with Crippen LogP contribution in [0.3, 0.4) is 0 Å². The smallest absolute Gasteiger partial charge is 0.142 e.